The predicted octanol–water partition coefficient (Wildman–Crippen LogP) is 2.32. The van der Waals surface area contributed by atoms with E-state index in [0.29, 0.717) is 6.04 Å². The van der Waals surface area contributed by atoms with Crippen LogP contribution in [0.2, 0.25) is 0 Å². The van der Waals surface area contributed by atoms with Crippen LogP contribution in [0.1, 0.15) is 53.4 Å². The molecule has 0 amide bonds. The monoisotopic (exact) mass is 229 g/mol. The number of nitrogens with two attached hydrogens (primary N) is 1. The summed E-state index contributed by atoms with van der Waals surface area (Å²) in [6.45, 7) is 8.65. The summed E-state index contributed by atoms with van der Waals surface area (Å²) in [5.74, 6) is 1.04. The zero-order chi connectivity index (χ0) is 12.6. The second kappa shape index (κ2) is 8.39. The lowest BCUT2D eigenvalue weighted by atomic mass is 10.0. The van der Waals surface area contributed by atoms with Gasteiger partial charge in [-0.2, -0.15) is 0 Å². The first-order chi connectivity index (χ1) is 7.51. The quantitative estimate of drug-likeness (QED) is 0.259. The van der Waals surface area contributed by atoms with E-state index in [-0.39, 0.29) is 11.9 Å². The van der Waals surface area contributed by atoms with Crippen molar-refractivity contribution in [2.45, 2.75) is 65.5 Å². The highest BCUT2D eigenvalue weighted by Crippen LogP contribution is 2.09. The van der Waals surface area contributed by atoms with Crippen LogP contribution in [0.15, 0.2) is 5.16 Å². The van der Waals surface area contributed by atoms with E-state index in [0.717, 1.165) is 18.8 Å². The lowest BCUT2D eigenvalue weighted by Gasteiger charge is -2.21. The van der Waals surface area contributed by atoms with E-state index in [9.17, 15) is 0 Å². The molecule has 0 aliphatic heterocycles. The summed E-state index contributed by atoms with van der Waals surface area (Å²) < 4.78 is 0. The fourth-order valence-electron chi connectivity index (χ4n) is 1.74. The van der Waals surface area contributed by atoms with Gasteiger partial charge in [0, 0.05) is 6.04 Å². The van der Waals surface area contributed by atoms with Gasteiger partial charge in [-0.1, -0.05) is 38.8 Å². The standard InChI is InChI=1S/C12H27N3O/c1-5-11(12(13)15-16)14-10(4)8-6-7-9(2)3/h9-11,14,16H,5-8H2,1-4H3,(H2,13,15). The maximum atomic E-state index is 8.62. The van der Waals surface area contributed by atoms with Crippen molar-refractivity contribution in [3.63, 3.8) is 0 Å². The Labute approximate surface area is 99.3 Å². The van der Waals surface area contributed by atoms with Crippen LogP contribution in [0, 0.1) is 5.92 Å². The molecule has 0 aromatic heterocycles. The van der Waals surface area contributed by atoms with Gasteiger partial charge in [-0.05, 0) is 25.7 Å². The van der Waals surface area contributed by atoms with Gasteiger partial charge in [0.25, 0.3) is 0 Å². The van der Waals surface area contributed by atoms with Crippen LogP contribution >= 0.6 is 0 Å². The first-order valence-electron chi connectivity index (χ1n) is 6.24. The van der Waals surface area contributed by atoms with E-state index in [1.165, 1.54) is 12.8 Å². The SMILES string of the molecule is CCC(NC(C)CCCC(C)C)C(N)=NO. The summed E-state index contributed by atoms with van der Waals surface area (Å²) >= 11 is 0. The van der Waals surface area contributed by atoms with Gasteiger partial charge in [0.2, 0.25) is 0 Å². The molecule has 2 unspecified atom stereocenters. The van der Waals surface area contributed by atoms with Gasteiger partial charge in [-0.25, -0.2) is 0 Å². The molecule has 0 aliphatic rings. The Hall–Kier alpha value is -0.770. The number of nitrogens with one attached hydrogen (secondary N) is 1. The van der Waals surface area contributed by atoms with Gasteiger partial charge in [0.1, 0.15) is 0 Å². The summed E-state index contributed by atoms with van der Waals surface area (Å²) in [5.41, 5.74) is 5.59. The average molecular weight is 229 g/mol. The second-order valence-electron chi connectivity index (χ2n) is 4.88. The third-order valence-corrected chi connectivity index (χ3v) is 2.79. The molecule has 0 bridgehead atoms. The fourth-order valence-corrected chi connectivity index (χ4v) is 1.74. The van der Waals surface area contributed by atoms with Crippen LogP contribution in [-0.4, -0.2) is 23.1 Å². The van der Waals surface area contributed by atoms with Gasteiger partial charge in [0.15, 0.2) is 5.84 Å². The van der Waals surface area contributed by atoms with Crippen molar-refractivity contribution in [2.75, 3.05) is 0 Å². The molecule has 0 spiro atoms. The minimum atomic E-state index is -0.0148. The summed E-state index contributed by atoms with van der Waals surface area (Å²) in [6, 6.07) is 0.392. The summed E-state index contributed by atoms with van der Waals surface area (Å²) in [5, 5.41) is 15.0. The predicted molar refractivity (Wildman–Crippen MR) is 68.8 cm³/mol. The molecule has 4 nitrogen and oxygen atoms in total. The largest absolute Gasteiger partial charge is 0.409 e. The highest BCUT2D eigenvalue weighted by atomic mass is 16.4. The molecule has 4 N–H and O–H groups in total. The molecule has 0 rings (SSSR count). The number of rotatable bonds is 8. The summed E-state index contributed by atoms with van der Waals surface area (Å²) in [7, 11) is 0. The van der Waals surface area contributed by atoms with Gasteiger partial charge in [-0.3, -0.25) is 0 Å². The molecular formula is C12H27N3O. The Kier molecular flexibility index (Phi) is 7.99. The number of hydrogen-bond acceptors (Lipinski definition) is 3. The highest BCUT2D eigenvalue weighted by molar-refractivity contribution is 5.85. The number of hydrogen-bond donors (Lipinski definition) is 3. The molecule has 0 heterocycles. The van der Waals surface area contributed by atoms with Crippen molar-refractivity contribution in [3.05, 3.63) is 0 Å². The fraction of sp³-hybridized carbons (Fsp3) is 0.917. The Morgan fingerprint density at radius 3 is 2.38 bits per heavy atom. The second-order valence-corrected chi connectivity index (χ2v) is 4.88. The highest BCUT2D eigenvalue weighted by Gasteiger charge is 2.14. The Morgan fingerprint density at radius 1 is 1.31 bits per heavy atom. The molecule has 0 saturated carbocycles. The van der Waals surface area contributed by atoms with Crippen molar-refractivity contribution in [2.24, 2.45) is 16.8 Å². The van der Waals surface area contributed by atoms with Crippen molar-refractivity contribution in [1.82, 2.24) is 5.32 Å². The van der Waals surface area contributed by atoms with Crippen LogP contribution < -0.4 is 11.1 Å². The van der Waals surface area contributed by atoms with E-state index in [1.807, 2.05) is 6.92 Å². The Bertz CT molecular complexity index is 204. The average Bonchev–Trinajstić information content (AvgIpc) is 2.24. The lowest BCUT2D eigenvalue weighted by molar-refractivity contribution is 0.312. The maximum Gasteiger partial charge on any atom is 0.156 e. The molecule has 2 atom stereocenters. The molecule has 0 radical (unpaired) electrons. The maximum absolute atomic E-state index is 8.62. The minimum Gasteiger partial charge on any atom is -0.409 e. The van der Waals surface area contributed by atoms with Gasteiger partial charge < -0.3 is 16.3 Å². The molecule has 0 aliphatic carbocycles. The van der Waals surface area contributed by atoms with Crippen LogP contribution in [0.3, 0.4) is 0 Å². The molecule has 0 aromatic carbocycles. The normalized spacial score (nSPS) is 16.4. The van der Waals surface area contributed by atoms with E-state index in [2.05, 4.69) is 31.2 Å². The van der Waals surface area contributed by atoms with Crippen LogP contribution in [0.25, 0.3) is 0 Å². The van der Waals surface area contributed by atoms with Crippen LogP contribution in [0.5, 0.6) is 0 Å². The van der Waals surface area contributed by atoms with Crippen LogP contribution in [-0.2, 0) is 0 Å². The smallest absolute Gasteiger partial charge is 0.156 e. The minimum absolute atomic E-state index is 0.0148. The lowest BCUT2D eigenvalue weighted by Crippen LogP contribution is -2.45. The van der Waals surface area contributed by atoms with Crippen molar-refractivity contribution in [3.8, 4) is 0 Å². The number of oxime groups is 1. The molecule has 16 heavy (non-hydrogen) atoms. The molecule has 4 heteroatoms. The van der Waals surface area contributed by atoms with Crippen LogP contribution in [0.4, 0.5) is 0 Å². The van der Waals surface area contributed by atoms with Gasteiger partial charge in [0.05, 0.1) is 6.04 Å². The Morgan fingerprint density at radius 2 is 1.94 bits per heavy atom. The third kappa shape index (κ3) is 6.67. The topological polar surface area (TPSA) is 70.6 Å². The third-order valence-electron chi connectivity index (χ3n) is 2.79. The number of nitrogens with zero attached hydrogens (tertiary/aromatic N) is 1. The van der Waals surface area contributed by atoms with E-state index in [1.54, 1.807) is 0 Å². The number of amidine groups is 1. The van der Waals surface area contributed by atoms with Gasteiger partial charge >= 0.3 is 0 Å². The summed E-state index contributed by atoms with van der Waals surface area (Å²) in [6.07, 6.45) is 4.45. The molecule has 96 valence electrons. The van der Waals surface area contributed by atoms with E-state index >= 15 is 0 Å². The van der Waals surface area contributed by atoms with E-state index in [4.69, 9.17) is 10.9 Å². The summed E-state index contributed by atoms with van der Waals surface area (Å²) in [4.78, 5) is 0. The zero-order valence-electron chi connectivity index (χ0n) is 11.0. The Balaban J connectivity index is 3.87. The first kappa shape index (κ1) is 15.2. The molecular weight excluding hydrogens is 202 g/mol. The van der Waals surface area contributed by atoms with Crippen molar-refractivity contribution >= 4 is 5.84 Å². The molecule has 0 fully saturated rings. The first-order valence-corrected chi connectivity index (χ1v) is 6.24. The van der Waals surface area contributed by atoms with Crippen molar-refractivity contribution in [1.29, 1.82) is 0 Å². The van der Waals surface area contributed by atoms with Gasteiger partial charge in [-0.15, -0.1) is 0 Å². The zero-order valence-corrected chi connectivity index (χ0v) is 11.0. The molecule has 0 saturated heterocycles. The van der Waals surface area contributed by atoms with E-state index < -0.39 is 0 Å². The molecule has 0 aromatic rings. The van der Waals surface area contributed by atoms with Crippen molar-refractivity contribution < 1.29 is 5.21 Å².